The number of carbonyl (C=O) groups is 1. The molecule has 1 aromatic rings. The molecule has 1 N–H and O–H groups in total. The van der Waals surface area contributed by atoms with Gasteiger partial charge in [-0.05, 0) is 12.1 Å². The normalized spacial score (nSPS) is 12.3. The number of hydrogen-bond donors (Lipinski definition) is 1. The van der Waals surface area contributed by atoms with Crippen molar-refractivity contribution in [1.82, 2.24) is 5.32 Å². The summed E-state index contributed by atoms with van der Waals surface area (Å²) in [5, 5.41) is 1.34. The van der Waals surface area contributed by atoms with E-state index >= 15 is 0 Å². The van der Waals surface area contributed by atoms with Crippen LogP contribution in [-0.4, -0.2) is 27.0 Å². The van der Waals surface area contributed by atoms with Crippen molar-refractivity contribution in [3.05, 3.63) is 27.7 Å². The number of benzene rings is 1. The Morgan fingerprint density at radius 1 is 1.24 bits per heavy atom. The van der Waals surface area contributed by atoms with Crippen molar-refractivity contribution >= 4 is 48.8 Å². The van der Waals surface area contributed by atoms with Gasteiger partial charge in [-0.25, -0.2) is 8.42 Å². The maximum Gasteiger partial charge on any atom is 0.390 e. The monoisotopic (exact) mass is 383 g/mol. The van der Waals surface area contributed by atoms with Gasteiger partial charge in [0.2, 0.25) is 0 Å². The standard InChI is InChI=1S/C10H7Cl3F3NO3S/c11-6-3-5(4-7(8(6)12)21(13,19)20)9(18)17-2-1-10(14,15)16/h3-4H,1-2H2,(H,17,18). The Balaban J connectivity index is 2.99. The highest BCUT2D eigenvalue weighted by molar-refractivity contribution is 8.13. The Morgan fingerprint density at radius 3 is 2.29 bits per heavy atom. The summed E-state index contributed by atoms with van der Waals surface area (Å²) >= 11 is 11.3. The van der Waals surface area contributed by atoms with Gasteiger partial charge in [-0.2, -0.15) is 13.2 Å². The second kappa shape index (κ2) is 6.60. The molecule has 1 rings (SSSR count). The molecule has 4 nitrogen and oxygen atoms in total. The van der Waals surface area contributed by atoms with Crippen LogP contribution in [0, 0.1) is 0 Å². The van der Waals surface area contributed by atoms with Gasteiger partial charge in [0.05, 0.1) is 16.5 Å². The van der Waals surface area contributed by atoms with E-state index in [1.165, 1.54) is 0 Å². The molecule has 0 unspecified atom stereocenters. The molecule has 0 saturated carbocycles. The van der Waals surface area contributed by atoms with Gasteiger partial charge in [0, 0.05) is 22.8 Å². The third kappa shape index (κ3) is 5.54. The molecule has 0 heterocycles. The zero-order chi connectivity index (χ0) is 16.4. The lowest BCUT2D eigenvalue weighted by Gasteiger charge is -2.10. The average Bonchev–Trinajstić information content (AvgIpc) is 2.29. The fraction of sp³-hybridized carbons (Fsp3) is 0.300. The van der Waals surface area contributed by atoms with Crippen LogP contribution in [0.4, 0.5) is 13.2 Å². The summed E-state index contributed by atoms with van der Waals surface area (Å²) in [5.41, 5.74) is -0.272. The van der Waals surface area contributed by atoms with Gasteiger partial charge in [0.1, 0.15) is 4.90 Å². The lowest BCUT2D eigenvalue weighted by atomic mass is 10.2. The molecule has 0 spiro atoms. The van der Waals surface area contributed by atoms with E-state index < -0.39 is 39.0 Å². The molecule has 0 aliphatic heterocycles. The summed E-state index contributed by atoms with van der Waals surface area (Å²) in [6, 6.07) is 1.86. The molecular weight excluding hydrogens is 378 g/mol. The SMILES string of the molecule is O=C(NCCC(F)(F)F)c1cc(Cl)c(Cl)c(S(=O)(=O)Cl)c1. The first-order chi connectivity index (χ1) is 9.42. The van der Waals surface area contributed by atoms with Crippen LogP contribution < -0.4 is 5.32 Å². The molecule has 118 valence electrons. The zero-order valence-electron chi connectivity index (χ0n) is 9.97. The first kappa shape index (κ1) is 18.3. The zero-order valence-corrected chi connectivity index (χ0v) is 13.1. The minimum absolute atomic E-state index is 0.264. The highest BCUT2D eigenvalue weighted by Gasteiger charge is 2.27. The number of hydrogen-bond acceptors (Lipinski definition) is 3. The molecule has 0 aliphatic carbocycles. The number of halogens is 6. The molecule has 0 aromatic heterocycles. The van der Waals surface area contributed by atoms with Crippen LogP contribution in [0.2, 0.25) is 10.0 Å². The predicted molar refractivity (Wildman–Crippen MR) is 72.5 cm³/mol. The molecule has 1 amide bonds. The van der Waals surface area contributed by atoms with Crippen LogP contribution in [0.15, 0.2) is 17.0 Å². The second-order valence-corrected chi connectivity index (χ2v) is 7.15. The summed E-state index contributed by atoms with van der Waals surface area (Å²) in [5.74, 6) is -0.931. The summed E-state index contributed by atoms with van der Waals surface area (Å²) in [4.78, 5) is 11.1. The fourth-order valence-corrected chi connectivity index (χ4v) is 3.06. The van der Waals surface area contributed by atoms with Crippen molar-refractivity contribution < 1.29 is 26.4 Å². The molecule has 21 heavy (non-hydrogen) atoms. The van der Waals surface area contributed by atoms with Gasteiger partial charge in [0.25, 0.3) is 15.0 Å². The van der Waals surface area contributed by atoms with Gasteiger partial charge in [-0.1, -0.05) is 23.2 Å². The van der Waals surface area contributed by atoms with Crippen molar-refractivity contribution in [3.63, 3.8) is 0 Å². The van der Waals surface area contributed by atoms with Crippen LogP contribution in [0.5, 0.6) is 0 Å². The van der Waals surface area contributed by atoms with E-state index in [4.69, 9.17) is 33.9 Å². The van der Waals surface area contributed by atoms with Gasteiger partial charge in [0.15, 0.2) is 0 Å². The molecule has 0 saturated heterocycles. The van der Waals surface area contributed by atoms with E-state index in [2.05, 4.69) is 0 Å². The van der Waals surface area contributed by atoms with E-state index in [1.807, 2.05) is 5.32 Å². The van der Waals surface area contributed by atoms with Crippen LogP contribution in [0.1, 0.15) is 16.8 Å². The minimum atomic E-state index is -4.42. The Hall–Kier alpha value is -0.700. The molecule has 0 bridgehead atoms. The number of nitrogens with one attached hydrogen (secondary N) is 1. The molecule has 11 heteroatoms. The maximum atomic E-state index is 12.0. The van der Waals surface area contributed by atoms with Crippen molar-refractivity contribution in [1.29, 1.82) is 0 Å². The van der Waals surface area contributed by atoms with Crippen molar-refractivity contribution in [2.24, 2.45) is 0 Å². The Bertz CT molecular complexity index is 661. The van der Waals surface area contributed by atoms with Gasteiger partial charge >= 0.3 is 6.18 Å². The van der Waals surface area contributed by atoms with E-state index in [1.54, 1.807) is 0 Å². The molecule has 1 aromatic carbocycles. The van der Waals surface area contributed by atoms with Gasteiger partial charge in [-0.15, -0.1) is 0 Å². The average molecular weight is 385 g/mol. The Labute approximate surface area is 132 Å². The Morgan fingerprint density at radius 2 is 1.81 bits per heavy atom. The van der Waals surface area contributed by atoms with E-state index in [9.17, 15) is 26.4 Å². The Kier molecular flexibility index (Phi) is 5.76. The minimum Gasteiger partial charge on any atom is -0.352 e. The smallest absolute Gasteiger partial charge is 0.352 e. The van der Waals surface area contributed by atoms with Crippen molar-refractivity contribution in [2.75, 3.05) is 6.54 Å². The summed E-state index contributed by atoms with van der Waals surface area (Å²) in [6.45, 7) is -0.661. The number of carbonyl (C=O) groups excluding carboxylic acids is 1. The molecule has 0 aliphatic rings. The van der Waals surface area contributed by atoms with Crippen LogP contribution in [0.25, 0.3) is 0 Å². The highest BCUT2D eigenvalue weighted by atomic mass is 35.7. The van der Waals surface area contributed by atoms with E-state index in [0.717, 1.165) is 12.1 Å². The highest BCUT2D eigenvalue weighted by Crippen LogP contribution is 2.32. The quantitative estimate of drug-likeness (QED) is 0.807. The molecule has 0 atom stereocenters. The first-order valence-corrected chi connectivity index (χ1v) is 8.27. The largest absolute Gasteiger partial charge is 0.390 e. The van der Waals surface area contributed by atoms with Gasteiger partial charge < -0.3 is 5.32 Å². The lowest BCUT2D eigenvalue weighted by Crippen LogP contribution is -2.28. The van der Waals surface area contributed by atoms with Crippen LogP contribution in [0.3, 0.4) is 0 Å². The fourth-order valence-electron chi connectivity index (χ4n) is 1.29. The third-order valence-electron chi connectivity index (χ3n) is 2.21. The topological polar surface area (TPSA) is 63.2 Å². The molecule has 0 radical (unpaired) electrons. The van der Waals surface area contributed by atoms with E-state index in [-0.39, 0.29) is 15.6 Å². The van der Waals surface area contributed by atoms with Crippen LogP contribution >= 0.6 is 33.9 Å². The van der Waals surface area contributed by atoms with E-state index in [0.29, 0.717) is 0 Å². The maximum absolute atomic E-state index is 12.0. The second-order valence-electron chi connectivity index (χ2n) is 3.83. The first-order valence-electron chi connectivity index (χ1n) is 5.20. The molecule has 0 fully saturated rings. The number of amides is 1. The number of rotatable bonds is 4. The van der Waals surface area contributed by atoms with Crippen molar-refractivity contribution in [2.45, 2.75) is 17.5 Å². The van der Waals surface area contributed by atoms with Gasteiger partial charge in [-0.3, -0.25) is 4.79 Å². The summed E-state index contributed by atoms with van der Waals surface area (Å²) in [7, 11) is 0.865. The predicted octanol–water partition coefficient (Wildman–Crippen LogP) is 3.60. The lowest BCUT2D eigenvalue weighted by molar-refractivity contribution is -0.132. The van der Waals surface area contributed by atoms with Crippen molar-refractivity contribution in [3.8, 4) is 0 Å². The third-order valence-corrected chi connectivity index (χ3v) is 4.47. The summed E-state index contributed by atoms with van der Waals surface area (Å²) < 4.78 is 58.4. The molecular formula is C10H7Cl3F3NO3S. The van der Waals surface area contributed by atoms with Crippen LogP contribution in [-0.2, 0) is 9.05 Å². The summed E-state index contributed by atoms with van der Waals surface area (Å²) in [6.07, 6.45) is -5.64. The number of alkyl halides is 3.